The fourth-order valence-electron chi connectivity index (χ4n) is 1.88. The second-order valence-corrected chi connectivity index (χ2v) is 3.69. The Morgan fingerprint density at radius 3 is 2.73 bits per heavy atom. The van der Waals surface area contributed by atoms with Crippen molar-refractivity contribution in [3.05, 3.63) is 65.8 Å². The molecule has 0 saturated carbocycles. The number of benzene rings is 1. The van der Waals surface area contributed by atoms with Gasteiger partial charge >= 0.3 is 0 Å². The third kappa shape index (κ3) is 1.46. The maximum atomic E-state index is 4.60. The predicted octanol–water partition coefficient (Wildman–Crippen LogP) is 3.37. The predicted molar refractivity (Wildman–Crippen MR) is 63.7 cm³/mol. The molecular formula is C14H11N. The third-order valence-electron chi connectivity index (χ3n) is 2.65. The Balaban J connectivity index is 2.04. The Kier molecular flexibility index (Phi) is 1.88. The van der Waals surface area contributed by atoms with Gasteiger partial charge in [-0.15, -0.1) is 0 Å². The van der Waals surface area contributed by atoms with Crippen LogP contribution in [0.4, 0.5) is 0 Å². The van der Waals surface area contributed by atoms with Crippen molar-refractivity contribution in [3.63, 3.8) is 0 Å². The molecule has 1 aromatic rings. The average Bonchev–Trinajstić information content (AvgIpc) is 2.74. The van der Waals surface area contributed by atoms with E-state index >= 15 is 0 Å². The zero-order valence-electron chi connectivity index (χ0n) is 8.35. The molecule has 72 valence electrons. The van der Waals surface area contributed by atoms with Gasteiger partial charge in [0.2, 0.25) is 0 Å². The zero-order valence-corrected chi connectivity index (χ0v) is 8.35. The smallest absolute Gasteiger partial charge is 0.0716 e. The Hall–Kier alpha value is -1.89. The Morgan fingerprint density at radius 2 is 1.93 bits per heavy atom. The number of rotatable bonds is 1. The molecule has 1 nitrogen and oxygen atoms in total. The summed E-state index contributed by atoms with van der Waals surface area (Å²) >= 11 is 0. The van der Waals surface area contributed by atoms with Crippen LogP contribution < -0.4 is 0 Å². The van der Waals surface area contributed by atoms with Gasteiger partial charge in [-0.1, -0.05) is 42.5 Å². The SMILES string of the molecule is C1=CC2=NC(c3ccccc3)=CC2=CC1. The molecule has 0 amide bonds. The molecule has 1 aliphatic heterocycles. The fourth-order valence-corrected chi connectivity index (χ4v) is 1.88. The van der Waals surface area contributed by atoms with E-state index < -0.39 is 0 Å². The van der Waals surface area contributed by atoms with Crippen molar-refractivity contribution in [2.24, 2.45) is 4.99 Å². The van der Waals surface area contributed by atoms with Crippen molar-refractivity contribution >= 4 is 11.4 Å². The summed E-state index contributed by atoms with van der Waals surface area (Å²) in [5, 5.41) is 0. The highest BCUT2D eigenvalue weighted by Crippen LogP contribution is 2.27. The van der Waals surface area contributed by atoms with Crippen LogP contribution in [0.3, 0.4) is 0 Å². The van der Waals surface area contributed by atoms with Crippen LogP contribution >= 0.6 is 0 Å². The molecule has 0 N–H and O–H groups in total. The zero-order chi connectivity index (χ0) is 10.1. The molecule has 0 spiro atoms. The number of nitrogens with zero attached hydrogens (tertiary/aromatic N) is 1. The van der Waals surface area contributed by atoms with Gasteiger partial charge in [-0.2, -0.15) is 0 Å². The fraction of sp³-hybridized carbons (Fsp3) is 0.0714. The largest absolute Gasteiger partial charge is 0.248 e. The maximum Gasteiger partial charge on any atom is 0.0716 e. The number of fused-ring (bicyclic) bond motifs is 1. The molecule has 0 bridgehead atoms. The molecule has 15 heavy (non-hydrogen) atoms. The van der Waals surface area contributed by atoms with Crippen LogP contribution in [0.25, 0.3) is 5.70 Å². The summed E-state index contributed by atoms with van der Waals surface area (Å²) in [6.45, 7) is 0. The monoisotopic (exact) mass is 193 g/mol. The van der Waals surface area contributed by atoms with Crippen molar-refractivity contribution in [3.8, 4) is 0 Å². The molecule has 0 aromatic heterocycles. The van der Waals surface area contributed by atoms with Gasteiger partial charge in [0.15, 0.2) is 0 Å². The maximum absolute atomic E-state index is 4.60. The summed E-state index contributed by atoms with van der Waals surface area (Å²) in [7, 11) is 0. The molecule has 1 heterocycles. The second kappa shape index (κ2) is 3.35. The van der Waals surface area contributed by atoms with Gasteiger partial charge in [-0.25, -0.2) is 4.99 Å². The summed E-state index contributed by atoms with van der Waals surface area (Å²) in [6, 6.07) is 10.3. The van der Waals surface area contributed by atoms with E-state index in [0.717, 1.165) is 17.8 Å². The normalized spacial score (nSPS) is 18.0. The molecule has 0 radical (unpaired) electrons. The quantitative estimate of drug-likeness (QED) is 0.648. The highest BCUT2D eigenvalue weighted by molar-refractivity contribution is 6.17. The van der Waals surface area contributed by atoms with Crippen LogP contribution in [0.5, 0.6) is 0 Å². The lowest BCUT2D eigenvalue weighted by atomic mass is 10.0. The average molecular weight is 193 g/mol. The number of hydrogen-bond donors (Lipinski definition) is 0. The molecule has 0 saturated heterocycles. The van der Waals surface area contributed by atoms with Crippen molar-refractivity contribution in [1.29, 1.82) is 0 Å². The summed E-state index contributed by atoms with van der Waals surface area (Å²) < 4.78 is 0. The van der Waals surface area contributed by atoms with E-state index in [4.69, 9.17) is 0 Å². The lowest BCUT2D eigenvalue weighted by Gasteiger charge is -1.99. The minimum atomic E-state index is 1.02. The van der Waals surface area contributed by atoms with E-state index in [9.17, 15) is 0 Å². The van der Waals surface area contributed by atoms with E-state index in [0.29, 0.717) is 0 Å². The van der Waals surface area contributed by atoms with Crippen LogP contribution in [0.15, 0.2) is 65.2 Å². The van der Waals surface area contributed by atoms with Crippen LogP contribution in [-0.4, -0.2) is 5.71 Å². The summed E-state index contributed by atoms with van der Waals surface area (Å²) in [5.74, 6) is 0. The molecule has 1 heteroatoms. The molecule has 1 aromatic carbocycles. The number of aliphatic imine (C=N–C) groups is 1. The second-order valence-electron chi connectivity index (χ2n) is 3.69. The highest BCUT2D eigenvalue weighted by Gasteiger charge is 2.14. The first kappa shape index (κ1) is 8.42. The van der Waals surface area contributed by atoms with Crippen molar-refractivity contribution in [1.82, 2.24) is 0 Å². The molecule has 1 aliphatic carbocycles. The van der Waals surface area contributed by atoms with Crippen LogP contribution in [0.1, 0.15) is 12.0 Å². The summed E-state index contributed by atoms with van der Waals surface area (Å²) in [4.78, 5) is 4.60. The summed E-state index contributed by atoms with van der Waals surface area (Å²) in [5.41, 5.74) is 4.62. The van der Waals surface area contributed by atoms with Gasteiger partial charge in [0, 0.05) is 5.56 Å². The Labute approximate surface area is 89.2 Å². The Morgan fingerprint density at radius 1 is 1.07 bits per heavy atom. The van der Waals surface area contributed by atoms with Crippen molar-refractivity contribution < 1.29 is 0 Å². The highest BCUT2D eigenvalue weighted by atomic mass is 14.8. The van der Waals surface area contributed by atoms with Crippen LogP contribution in [-0.2, 0) is 0 Å². The third-order valence-corrected chi connectivity index (χ3v) is 2.65. The molecule has 0 atom stereocenters. The van der Waals surface area contributed by atoms with Gasteiger partial charge in [0.25, 0.3) is 0 Å². The molecular weight excluding hydrogens is 182 g/mol. The number of allylic oxidation sites excluding steroid dienone is 5. The molecule has 3 rings (SSSR count). The van der Waals surface area contributed by atoms with Crippen LogP contribution in [0, 0.1) is 0 Å². The van der Waals surface area contributed by atoms with Gasteiger partial charge in [0.05, 0.1) is 11.4 Å². The number of hydrogen-bond acceptors (Lipinski definition) is 1. The first-order valence-electron chi connectivity index (χ1n) is 5.16. The van der Waals surface area contributed by atoms with E-state index in [-0.39, 0.29) is 0 Å². The topological polar surface area (TPSA) is 12.4 Å². The first-order chi connectivity index (χ1) is 7.43. The molecule has 0 unspecified atom stereocenters. The first-order valence-corrected chi connectivity index (χ1v) is 5.16. The van der Waals surface area contributed by atoms with Gasteiger partial charge in [-0.05, 0) is 24.1 Å². The lowest BCUT2D eigenvalue weighted by Crippen LogP contribution is -1.95. The van der Waals surface area contributed by atoms with E-state index in [1.807, 2.05) is 18.2 Å². The summed E-state index contributed by atoms with van der Waals surface area (Å²) in [6.07, 6.45) is 9.64. The minimum Gasteiger partial charge on any atom is -0.248 e. The van der Waals surface area contributed by atoms with Gasteiger partial charge in [0.1, 0.15) is 0 Å². The van der Waals surface area contributed by atoms with E-state index in [2.05, 4.69) is 41.4 Å². The minimum absolute atomic E-state index is 1.02. The molecule has 0 fully saturated rings. The van der Waals surface area contributed by atoms with Crippen LogP contribution in [0.2, 0.25) is 0 Å². The van der Waals surface area contributed by atoms with Crippen molar-refractivity contribution in [2.45, 2.75) is 6.42 Å². The van der Waals surface area contributed by atoms with E-state index in [1.54, 1.807) is 0 Å². The van der Waals surface area contributed by atoms with Gasteiger partial charge in [-0.3, -0.25) is 0 Å². The van der Waals surface area contributed by atoms with E-state index in [1.165, 1.54) is 11.1 Å². The molecule has 2 aliphatic rings. The Bertz CT molecular complexity index is 501. The lowest BCUT2D eigenvalue weighted by molar-refractivity contribution is 1.36. The van der Waals surface area contributed by atoms with Gasteiger partial charge < -0.3 is 0 Å². The standard InChI is InChI=1S/C14H11N/c1-2-6-11(7-3-1)14-10-12-8-4-5-9-13(12)15-14/h1-3,5-10H,4H2. The van der Waals surface area contributed by atoms with Crippen molar-refractivity contribution in [2.75, 3.05) is 0 Å².